The molecule has 100 valence electrons. The highest BCUT2D eigenvalue weighted by Gasteiger charge is 2.51. The number of rotatable bonds is 8. The number of hydrogen-bond acceptors (Lipinski definition) is 5. The zero-order valence-corrected chi connectivity index (χ0v) is 11.2. The summed E-state index contributed by atoms with van der Waals surface area (Å²) in [5, 5.41) is 3.58. The Hall–Kier alpha value is -0.200. The Kier molecular flexibility index (Phi) is 4.05. The van der Waals surface area contributed by atoms with Crippen LogP contribution < -0.4 is 16.8 Å². The summed E-state index contributed by atoms with van der Waals surface area (Å²) < 4.78 is 0. The first kappa shape index (κ1) is 13.2. The lowest BCUT2D eigenvalue weighted by Gasteiger charge is -2.49. The van der Waals surface area contributed by atoms with Gasteiger partial charge >= 0.3 is 0 Å². The average Bonchev–Trinajstić information content (AvgIpc) is 3.15. The monoisotopic (exact) mass is 241 g/mol. The summed E-state index contributed by atoms with van der Waals surface area (Å²) in [4.78, 5) is 4.84. The van der Waals surface area contributed by atoms with Crippen LogP contribution in [0.25, 0.3) is 0 Å². The van der Waals surface area contributed by atoms with Gasteiger partial charge in [0.1, 0.15) is 5.79 Å². The molecule has 2 saturated carbocycles. The van der Waals surface area contributed by atoms with E-state index < -0.39 is 0 Å². The third kappa shape index (κ3) is 2.63. The van der Waals surface area contributed by atoms with Gasteiger partial charge in [0.15, 0.2) is 0 Å². The van der Waals surface area contributed by atoms with E-state index in [-0.39, 0.29) is 5.79 Å². The minimum absolute atomic E-state index is 0.207. The molecule has 0 aromatic heterocycles. The van der Waals surface area contributed by atoms with Crippen molar-refractivity contribution in [2.45, 2.75) is 43.6 Å². The van der Waals surface area contributed by atoms with Crippen molar-refractivity contribution in [2.24, 2.45) is 11.5 Å². The smallest absolute Gasteiger partial charge is 0.141 e. The highest BCUT2D eigenvalue weighted by Crippen LogP contribution is 2.41. The molecule has 2 aliphatic carbocycles. The maximum atomic E-state index is 6.09. The molecule has 0 bridgehead atoms. The molecule has 5 nitrogen and oxygen atoms in total. The Labute approximate surface area is 104 Å². The summed E-state index contributed by atoms with van der Waals surface area (Å²) in [5.41, 5.74) is 11.7. The molecule has 0 aliphatic heterocycles. The highest BCUT2D eigenvalue weighted by atomic mass is 15.5. The Morgan fingerprint density at radius 2 is 1.65 bits per heavy atom. The van der Waals surface area contributed by atoms with Crippen LogP contribution in [0, 0.1) is 0 Å². The molecule has 0 radical (unpaired) electrons. The van der Waals surface area contributed by atoms with Gasteiger partial charge in [0.05, 0.1) is 0 Å². The maximum absolute atomic E-state index is 6.09. The second-order valence-corrected chi connectivity index (χ2v) is 5.50. The molecular weight excluding hydrogens is 214 g/mol. The molecule has 2 fully saturated rings. The summed E-state index contributed by atoms with van der Waals surface area (Å²) >= 11 is 0. The standard InChI is InChI=1S/C12H27N5/c1-16(2)12(9-14,15-8-7-13)17(10-3-4-10)11-5-6-11/h10-11,15H,3-9,13-14H2,1-2H3. The summed E-state index contributed by atoms with van der Waals surface area (Å²) in [6, 6.07) is 1.44. The number of hydrogen-bond donors (Lipinski definition) is 3. The van der Waals surface area contributed by atoms with Gasteiger partial charge in [0.2, 0.25) is 0 Å². The number of likely N-dealkylation sites (N-methyl/N-ethyl adjacent to an activating group) is 1. The van der Waals surface area contributed by atoms with Crippen LogP contribution in [0.15, 0.2) is 0 Å². The number of nitrogens with zero attached hydrogens (tertiary/aromatic N) is 2. The normalized spacial score (nSPS) is 24.4. The lowest BCUT2D eigenvalue weighted by atomic mass is 10.2. The zero-order chi connectivity index (χ0) is 12.5. The van der Waals surface area contributed by atoms with Gasteiger partial charge in [-0.1, -0.05) is 0 Å². The van der Waals surface area contributed by atoms with E-state index in [1.165, 1.54) is 25.7 Å². The van der Waals surface area contributed by atoms with Crippen LogP contribution in [0.5, 0.6) is 0 Å². The number of nitrogens with one attached hydrogen (secondary N) is 1. The largest absolute Gasteiger partial charge is 0.329 e. The van der Waals surface area contributed by atoms with Crippen LogP contribution in [-0.2, 0) is 0 Å². The van der Waals surface area contributed by atoms with Gasteiger partial charge in [-0.15, -0.1) is 0 Å². The fourth-order valence-electron chi connectivity index (χ4n) is 2.72. The fraction of sp³-hybridized carbons (Fsp3) is 1.00. The zero-order valence-electron chi connectivity index (χ0n) is 11.2. The van der Waals surface area contributed by atoms with E-state index in [1.807, 2.05) is 0 Å². The second-order valence-electron chi connectivity index (χ2n) is 5.50. The summed E-state index contributed by atoms with van der Waals surface area (Å²) in [7, 11) is 4.21. The molecule has 17 heavy (non-hydrogen) atoms. The molecule has 5 N–H and O–H groups in total. The second kappa shape index (κ2) is 5.20. The molecule has 0 heterocycles. The Balaban J connectivity index is 2.15. The van der Waals surface area contributed by atoms with Crippen molar-refractivity contribution < 1.29 is 0 Å². The molecule has 5 heteroatoms. The van der Waals surface area contributed by atoms with E-state index in [2.05, 4.69) is 29.2 Å². The average molecular weight is 241 g/mol. The lowest BCUT2D eigenvalue weighted by molar-refractivity contribution is -0.0636. The fourth-order valence-corrected chi connectivity index (χ4v) is 2.72. The molecule has 0 amide bonds. The van der Waals surface area contributed by atoms with E-state index in [1.54, 1.807) is 0 Å². The topological polar surface area (TPSA) is 70.5 Å². The van der Waals surface area contributed by atoms with Crippen molar-refractivity contribution >= 4 is 0 Å². The predicted molar refractivity (Wildman–Crippen MR) is 70.4 cm³/mol. The van der Waals surface area contributed by atoms with Crippen molar-refractivity contribution in [1.29, 1.82) is 0 Å². The van der Waals surface area contributed by atoms with Crippen LogP contribution in [0.3, 0.4) is 0 Å². The SMILES string of the molecule is CN(C)C(CN)(NCCN)N(C1CC1)C1CC1. The van der Waals surface area contributed by atoms with E-state index in [4.69, 9.17) is 11.5 Å². The highest BCUT2D eigenvalue weighted by molar-refractivity contribution is 5.03. The first-order valence-electron chi connectivity index (χ1n) is 6.76. The summed E-state index contributed by atoms with van der Waals surface area (Å²) in [6.45, 7) is 2.07. The molecule has 0 spiro atoms. The lowest BCUT2D eigenvalue weighted by Crippen LogP contribution is -2.72. The Bertz CT molecular complexity index is 237. The predicted octanol–water partition coefficient (Wildman–Crippen LogP) is -0.664. The van der Waals surface area contributed by atoms with Gasteiger partial charge < -0.3 is 11.5 Å². The van der Waals surface area contributed by atoms with Gasteiger partial charge in [-0.05, 0) is 39.8 Å². The van der Waals surface area contributed by atoms with Crippen molar-refractivity contribution in [3.8, 4) is 0 Å². The van der Waals surface area contributed by atoms with Crippen LogP contribution >= 0.6 is 0 Å². The minimum atomic E-state index is -0.207. The van der Waals surface area contributed by atoms with Crippen LogP contribution in [0.1, 0.15) is 25.7 Å². The van der Waals surface area contributed by atoms with Gasteiger partial charge in [0, 0.05) is 31.7 Å². The van der Waals surface area contributed by atoms with Gasteiger partial charge in [-0.25, -0.2) is 0 Å². The molecular formula is C12H27N5. The third-order valence-corrected chi connectivity index (χ3v) is 3.88. The van der Waals surface area contributed by atoms with E-state index in [0.29, 0.717) is 13.1 Å². The molecule has 0 saturated heterocycles. The van der Waals surface area contributed by atoms with Crippen molar-refractivity contribution in [1.82, 2.24) is 15.1 Å². The van der Waals surface area contributed by atoms with E-state index in [9.17, 15) is 0 Å². The number of nitrogens with two attached hydrogens (primary N) is 2. The summed E-state index contributed by atoms with van der Waals surface area (Å²) in [6.07, 6.45) is 5.26. The first-order chi connectivity index (χ1) is 8.15. The van der Waals surface area contributed by atoms with E-state index >= 15 is 0 Å². The van der Waals surface area contributed by atoms with Gasteiger partial charge in [-0.3, -0.25) is 15.1 Å². The molecule has 1 atom stereocenters. The minimum Gasteiger partial charge on any atom is -0.329 e. The van der Waals surface area contributed by atoms with Gasteiger partial charge in [-0.2, -0.15) is 0 Å². The van der Waals surface area contributed by atoms with E-state index in [0.717, 1.165) is 18.6 Å². The van der Waals surface area contributed by atoms with Crippen LogP contribution in [0.2, 0.25) is 0 Å². The third-order valence-electron chi connectivity index (χ3n) is 3.88. The van der Waals surface area contributed by atoms with Crippen LogP contribution in [0.4, 0.5) is 0 Å². The molecule has 2 aliphatic rings. The van der Waals surface area contributed by atoms with Gasteiger partial charge in [0.25, 0.3) is 0 Å². The van der Waals surface area contributed by atoms with Crippen molar-refractivity contribution in [2.75, 3.05) is 33.7 Å². The first-order valence-corrected chi connectivity index (χ1v) is 6.76. The maximum Gasteiger partial charge on any atom is 0.141 e. The molecule has 0 aromatic rings. The van der Waals surface area contributed by atoms with Crippen molar-refractivity contribution in [3.63, 3.8) is 0 Å². The Morgan fingerprint density at radius 3 is 1.94 bits per heavy atom. The quantitative estimate of drug-likeness (QED) is 0.492. The molecule has 0 aromatic carbocycles. The van der Waals surface area contributed by atoms with Crippen LogP contribution in [-0.4, -0.2) is 61.4 Å². The summed E-state index contributed by atoms with van der Waals surface area (Å²) in [5.74, 6) is -0.207. The molecule has 1 unspecified atom stereocenters. The Morgan fingerprint density at radius 1 is 1.12 bits per heavy atom. The van der Waals surface area contributed by atoms with Crippen molar-refractivity contribution in [3.05, 3.63) is 0 Å². The molecule has 2 rings (SSSR count).